The van der Waals surface area contributed by atoms with Gasteiger partial charge in [0.1, 0.15) is 52.6 Å². The minimum absolute atomic E-state index is 0. The molecule has 0 radical (unpaired) electrons. The van der Waals surface area contributed by atoms with Crippen molar-refractivity contribution in [1.82, 2.24) is 0 Å². The van der Waals surface area contributed by atoms with Crippen molar-refractivity contribution in [2.24, 2.45) is 0 Å². The Kier molecular flexibility index (Phi) is 10.7. The van der Waals surface area contributed by atoms with Gasteiger partial charge in [-0.05, 0) is 44.5 Å². The minimum atomic E-state index is -1.70. The van der Waals surface area contributed by atoms with Crippen LogP contribution in [0, 0.1) is 0 Å². The van der Waals surface area contributed by atoms with E-state index in [4.69, 9.17) is 18.6 Å². The van der Waals surface area contributed by atoms with Crippen LogP contribution in [-0.2, 0) is 11.2 Å². The van der Waals surface area contributed by atoms with Crippen LogP contribution in [0.5, 0.6) is 23.0 Å². The van der Waals surface area contributed by atoms with Crippen LogP contribution in [0.15, 0.2) is 51.2 Å². The first-order valence-electron chi connectivity index (χ1n) is 11.9. The molecule has 1 aliphatic heterocycles. The Morgan fingerprint density at radius 1 is 1.02 bits per heavy atom. The Bertz CT molecular complexity index is 1390. The Labute approximate surface area is 228 Å². The second-order valence-electron chi connectivity index (χ2n) is 9.21. The largest absolute Gasteiger partial charge is 0.507 e. The van der Waals surface area contributed by atoms with Crippen LogP contribution < -0.4 is 14.9 Å². The van der Waals surface area contributed by atoms with Gasteiger partial charge in [-0.25, -0.2) is 0 Å². The number of fused-ring (bicyclic) bond motifs is 1. The van der Waals surface area contributed by atoms with Crippen LogP contribution in [-0.4, -0.2) is 86.0 Å². The average Bonchev–Trinajstić information content (AvgIpc) is 2.90. The summed E-state index contributed by atoms with van der Waals surface area (Å²) in [6.45, 7) is 3.05. The summed E-state index contributed by atoms with van der Waals surface area (Å²) in [5, 5.41) is 61.3. The van der Waals surface area contributed by atoms with Crippen molar-refractivity contribution in [3.63, 3.8) is 0 Å². The third-order valence-corrected chi connectivity index (χ3v) is 6.34. The fourth-order valence-corrected chi connectivity index (χ4v) is 4.20. The smallest absolute Gasteiger partial charge is 0.238 e. The highest BCUT2D eigenvalue weighted by molar-refractivity contribution is 5.91. The standard InChI is InChI=1S/C27H30O11.2H2O/c1-12(2)4-9-15-17(36-27-24(34)22(32)20(30)18(11-28)37-27)10-16(29)19-21(31)23(33)25(38-26(15)19)13-5-7-14(35-3)8-6-13;;/h4-8,10,18,20,22,24,27-30,32-34H,9,11H2,1-3H3;2*1H2/t18-,20-,22+,24-,27?;;/m1../s1. The predicted octanol–water partition coefficient (Wildman–Crippen LogP) is -0.0822. The quantitative estimate of drug-likeness (QED) is 0.207. The molecule has 10 N–H and O–H groups in total. The first-order valence-corrected chi connectivity index (χ1v) is 11.9. The topological polar surface area (TPSA) is 242 Å². The molecule has 0 bridgehead atoms. The van der Waals surface area contributed by atoms with Gasteiger partial charge in [-0.3, -0.25) is 4.79 Å². The van der Waals surface area contributed by atoms with Crippen molar-refractivity contribution in [2.75, 3.05) is 13.7 Å². The molecule has 1 fully saturated rings. The van der Waals surface area contributed by atoms with Crippen LogP contribution in [0.4, 0.5) is 0 Å². The normalized spacial score (nSPS) is 22.1. The third kappa shape index (κ3) is 6.05. The zero-order chi connectivity index (χ0) is 27.7. The highest BCUT2D eigenvalue weighted by atomic mass is 16.7. The Hall–Kier alpha value is -3.69. The fourth-order valence-electron chi connectivity index (χ4n) is 4.20. The molecular formula is C27H34O13. The molecule has 0 aliphatic carbocycles. The molecule has 40 heavy (non-hydrogen) atoms. The average molecular weight is 567 g/mol. The number of hydrogen-bond donors (Lipinski definition) is 6. The molecule has 0 spiro atoms. The Morgan fingerprint density at radius 2 is 1.68 bits per heavy atom. The number of aliphatic hydroxyl groups excluding tert-OH is 4. The van der Waals surface area contributed by atoms with E-state index in [0.717, 1.165) is 11.6 Å². The van der Waals surface area contributed by atoms with Crippen LogP contribution in [0.25, 0.3) is 22.3 Å². The maximum Gasteiger partial charge on any atom is 0.238 e. The first-order chi connectivity index (χ1) is 18.1. The molecule has 4 rings (SSSR count). The maximum atomic E-state index is 13.2. The Balaban J connectivity index is 0.00000280. The van der Waals surface area contributed by atoms with Gasteiger partial charge in [0.05, 0.1) is 13.7 Å². The summed E-state index contributed by atoms with van der Waals surface area (Å²) in [4.78, 5) is 13.2. The van der Waals surface area contributed by atoms with Crippen LogP contribution >= 0.6 is 0 Å². The zero-order valence-corrected chi connectivity index (χ0v) is 22.0. The SMILES string of the molecule is COc1ccc(-c2oc3c(CC=C(C)C)c(OC4O[C@H](CO)[C@@H](O)[C@H](O)[C@H]4O)cc(O)c3c(=O)c2O)cc1.O.O. The van der Waals surface area contributed by atoms with Gasteiger partial charge in [-0.1, -0.05) is 11.6 Å². The molecule has 13 heteroatoms. The summed E-state index contributed by atoms with van der Waals surface area (Å²) in [5.74, 6) is -0.910. The number of allylic oxidation sites excluding steroid dienone is 2. The van der Waals surface area contributed by atoms with Crippen molar-refractivity contribution in [3.05, 3.63) is 57.8 Å². The molecule has 1 aromatic heterocycles. The number of phenolic OH excluding ortho intramolecular Hbond substituents is 1. The molecule has 0 saturated carbocycles. The Morgan fingerprint density at radius 3 is 2.25 bits per heavy atom. The van der Waals surface area contributed by atoms with E-state index in [1.54, 1.807) is 24.3 Å². The molecule has 0 amide bonds. The summed E-state index contributed by atoms with van der Waals surface area (Å²) >= 11 is 0. The number of phenols is 1. The van der Waals surface area contributed by atoms with Crippen LogP contribution in [0.3, 0.4) is 0 Å². The number of ether oxygens (including phenoxy) is 3. The molecule has 13 nitrogen and oxygen atoms in total. The lowest BCUT2D eigenvalue weighted by Crippen LogP contribution is -2.60. The molecule has 5 atom stereocenters. The van der Waals surface area contributed by atoms with E-state index in [9.17, 15) is 35.4 Å². The molecule has 2 heterocycles. The molecular weight excluding hydrogens is 532 g/mol. The summed E-state index contributed by atoms with van der Waals surface area (Å²) in [6.07, 6.45) is -5.77. The van der Waals surface area contributed by atoms with Gasteiger partial charge in [-0.2, -0.15) is 0 Å². The molecule has 2 aromatic carbocycles. The monoisotopic (exact) mass is 566 g/mol. The summed E-state index contributed by atoms with van der Waals surface area (Å²) in [7, 11) is 1.50. The number of rotatable bonds is 7. The summed E-state index contributed by atoms with van der Waals surface area (Å²) < 4.78 is 22.5. The minimum Gasteiger partial charge on any atom is -0.507 e. The van der Waals surface area contributed by atoms with Crippen molar-refractivity contribution >= 4 is 11.0 Å². The van der Waals surface area contributed by atoms with Gasteiger partial charge in [0.25, 0.3) is 0 Å². The van der Waals surface area contributed by atoms with E-state index >= 15 is 0 Å². The van der Waals surface area contributed by atoms with Crippen molar-refractivity contribution < 1.29 is 60.2 Å². The van der Waals surface area contributed by atoms with Gasteiger partial charge in [-0.15, -0.1) is 0 Å². The third-order valence-electron chi connectivity index (χ3n) is 6.34. The number of methoxy groups -OCH3 is 1. The highest BCUT2D eigenvalue weighted by Gasteiger charge is 2.45. The van der Waals surface area contributed by atoms with Gasteiger partial charge in [0.15, 0.2) is 5.76 Å². The number of aliphatic hydroxyl groups is 4. The maximum absolute atomic E-state index is 13.2. The van der Waals surface area contributed by atoms with E-state index in [-0.39, 0.29) is 45.4 Å². The molecule has 3 aromatic rings. The van der Waals surface area contributed by atoms with E-state index in [0.29, 0.717) is 11.3 Å². The van der Waals surface area contributed by atoms with Gasteiger partial charge < -0.3 is 60.2 Å². The van der Waals surface area contributed by atoms with Crippen molar-refractivity contribution in [1.29, 1.82) is 0 Å². The molecule has 1 saturated heterocycles. The highest BCUT2D eigenvalue weighted by Crippen LogP contribution is 2.40. The predicted molar refractivity (Wildman–Crippen MR) is 143 cm³/mol. The number of aromatic hydroxyl groups is 2. The number of benzene rings is 2. The molecule has 1 unspecified atom stereocenters. The van der Waals surface area contributed by atoms with Crippen molar-refractivity contribution in [2.45, 2.75) is 51.0 Å². The van der Waals surface area contributed by atoms with E-state index < -0.39 is 54.2 Å². The molecule has 220 valence electrons. The first kappa shape index (κ1) is 32.5. The van der Waals surface area contributed by atoms with Crippen LogP contribution in [0.1, 0.15) is 19.4 Å². The van der Waals surface area contributed by atoms with Crippen LogP contribution in [0.2, 0.25) is 0 Å². The second-order valence-corrected chi connectivity index (χ2v) is 9.21. The zero-order valence-electron chi connectivity index (χ0n) is 22.0. The molecule has 1 aliphatic rings. The van der Waals surface area contributed by atoms with Gasteiger partial charge in [0, 0.05) is 17.2 Å². The lowest BCUT2D eigenvalue weighted by atomic mass is 9.99. The number of hydrogen-bond acceptors (Lipinski definition) is 11. The lowest BCUT2D eigenvalue weighted by Gasteiger charge is -2.39. The fraction of sp³-hybridized carbons (Fsp3) is 0.370. The van der Waals surface area contributed by atoms with Crippen molar-refractivity contribution in [3.8, 4) is 34.3 Å². The van der Waals surface area contributed by atoms with E-state index in [1.165, 1.54) is 7.11 Å². The second kappa shape index (κ2) is 13.1. The summed E-state index contributed by atoms with van der Waals surface area (Å²) in [5.41, 5.74) is 0.627. The lowest BCUT2D eigenvalue weighted by molar-refractivity contribution is -0.277. The van der Waals surface area contributed by atoms with E-state index in [1.807, 2.05) is 19.9 Å². The van der Waals surface area contributed by atoms with Gasteiger partial charge >= 0.3 is 0 Å². The van der Waals surface area contributed by atoms with Gasteiger partial charge in [0.2, 0.25) is 17.5 Å². The van der Waals surface area contributed by atoms with E-state index in [2.05, 4.69) is 0 Å². The summed E-state index contributed by atoms with van der Waals surface area (Å²) in [6, 6.07) is 7.54.